The lowest BCUT2D eigenvalue weighted by molar-refractivity contribution is -0.144. The number of hydrogen-bond acceptors (Lipinski definition) is 12. The fourth-order valence-corrected chi connectivity index (χ4v) is 6.07. The summed E-state index contributed by atoms with van der Waals surface area (Å²) in [6.07, 6.45) is -2.26. The van der Waals surface area contributed by atoms with Gasteiger partial charge in [-0.15, -0.1) is 0 Å². The highest BCUT2D eigenvalue weighted by molar-refractivity contribution is 7.46. The first kappa shape index (κ1) is 48.0. The second-order valence-corrected chi connectivity index (χ2v) is 14.8. The number of primary amides is 1. The van der Waals surface area contributed by atoms with Gasteiger partial charge >= 0.3 is 19.8 Å². The molecule has 13 N–H and O–H groups in total. The maximum absolute atomic E-state index is 13.9. The van der Waals surface area contributed by atoms with Gasteiger partial charge in [-0.3, -0.25) is 43.3 Å². The number of phosphoric acid groups is 1. The Morgan fingerprint density at radius 1 is 0.825 bits per heavy atom. The Hall–Kier alpha value is -5.15. The monoisotopic (exact) mass is 829 g/mol. The molecule has 1 aromatic rings. The van der Waals surface area contributed by atoms with Crippen LogP contribution >= 0.6 is 7.82 Å². The van der Waals surface area contributed by atoms with Gasteiger partial charge in [0.05, 0.1) is 12.1 Å². The number of nitrogens with one attached hydrogen (secondary N) is 6. The lowest BCUT2D eigenvalue weighted by atomic mass is 9.98. The fraction of sp³-hybridized carbons (Fsp3) is 0.588. The van der Waals surface area contributed by atoms with Crippen molar-refractivity contribution in [3.63, 3.8) is 0 Å². The summed E-state index contributed by atoms with van der Waals surface area (Å²) in [5.41, 5.74) is 5.57. The van der Waals surface area contributed by atoms with Crippen molar-refractivity contribution >= 4 is 55.2 Å². The highest BCUT2D eigenvalue weighted by Gasteiger charge is 2.36. The van der Waals surface area contributed by atoms with Crippen molar-refractivity contribution in [1.29, 1.82) is 0 Å². The van der Waals surface area contributed by atoms with Crippen LogP contribution in [0.5, 0.6) is 5.75 Å². The molecule has 0 spiro atoms. The highest BCUT2D eigenvalue weighted by atomic mass is 31.2. The molecule has 1 aromatic carbocycles. The van der Waals surface area contributed by atoms with Gasteiger partial charge in [0.1, 0.15) is 36.0 Å². The van der Waals surface area contributed by atoms with Gasteiger partial charge in [-0.2, -0.15) is 0 Å². The molecule has 22 nitrogen and oxygen atoms in total. The number of carbonyl (C=O) groups excluding carboxylic acids is 6. The van der Waals surface area contributed by atoms with E-state index in [4.69, 9.17) is 15.5 Å². The van der Waals surface area contributed by atoms with Crippen molar-refractivity contribution < 1.29 is 72.6 Å². The number of carboxylic acids is 2. The van der Waals surface area contributed by atoms with E-state index in [0.29, 0.717) is 25.8 Å². The van der Waals surface area contributed by atoms with Crippen LogP contribution in [0.25, 0.3) is 0 Å². The summed E-state index contributed by atoms with van der Waals surface area (Å²) in [6.45, 7) is 4.91. The SMILES string of the molecule is CC[C@H](C)[C@H](NC(=O)[C@H](CCC(=O)O)NC(=O)[C@@H](NC(=O)[C@H](Cc1ccc(OP(=O)(O)O)cc1)NC(=O)[C@H](CCC(N)=O)NC(=O)[C@@H]1CCCN1)[C@@H](C)O)C(=O)O. The Morgan fingerprint density at radius 3 is 1.88 bits per heavy atom. The molecule has 1 aliphatic rings. The largest absolute Gasteiger partial charge is 0.524 e. The van der Waals surface area contributed by atoms with Crippen LogP contribution in [0, 0.1) is 5.92 Å². The molecule has 6 amide bonds. The van der Waals surface area contributed by atoms with E-state index in [1.807, 2.05) is 0 Å². The van der Waals surface area contributed by atoms with E-state index in [1.165, 1.54) is 24.3 Å². The first-order valence-corrected chi connectivity index (χ1v) is 19.6. The molecule has 0 unspecified atom stereocenters. The number of nitrogens with two attached hydrogens (primary N) is 1. The third-order valence-corrected chi connectivity index (χ3v) is 9.48. The van der Waals surface area contributed by atoms with E-state index in [1.54, 1.807) is 13.8 Å². The molecule has 1 heterocycles. The zero-order chi connectivity index (χ0) is 43.0. The molecule has 0 aromatic heterocycles. The van der Waals surface area contributed by atoms with Gasteiger partial charge in [-0.05, 0) is 62.8 Å². The van der Waals surface area contributed by atoms with Crippen LogP contribution in [0.3, 0.4) is 0 Å². The number of phosphoric ester groups is 1. The van der Waals surface area contributed by atoms with E-state index >= 15 is 0 Å². The molecule has 0 radical (unpaired) electrons. The molecule has 1 fully saturated rings. The normalized spacial score (nSPS) is 17.6. The Labute approximate surface area is 327 Å². The van der Waals surface area contributed by atoms with Gasteiger partial charge in [0.15, 0.2) is 0 Å². The van der Waals surface area contributed by atoms with Crippen molar-refractivity contribution in [3.8, 4) is 5.75 Å². The molecule has 2 rings (SSSR count). The van der Waals surface area contributed by atoms with E-state index in [0.717, 1.165) is 6.92 Å². The minimum Gasteiger partial charge on any atom is -0.481 e. The Kier molecular flexibility index (Phi) is 19.0. The second-order valence-electron chi connectivity index (χ2n) is 13.6. The quantitative estimate of drug-likeness (QED) is 0.0480. The van der Waals surface area contributed by atoms with Gasteiger partial charge in [-0.1, -0.05) is 32.4 Å². The average Bonchev–Trinajstić information content (AvgIpc) is 3.67. The van der Waals surface area contributed by atoms with E-state index < -0.39 is 116 Å². The van der Waals surface area contributed by atoms with Crippen LogP contribution in [-0.2, 0) is 49.3 Å². The van der Waals surface area contributed by atoms with Crippen LogP contribution < -0.4 is 42.2 Å². The smallest absolute Gasteiger partial charge is 0.481 e. The summed E-state index contributed by atoms with van der Waals surface area (Å²) in [4.78, 5) is 120. The molecule has 0 aliphatic carbocycles. The van der Waals surface area contributed by atoms with Crippen molar-refractivity contribution in [3.05, 3.63) is 29.8 Å². The van der Waals surface area contributed by atoms with Crippen LogP contribution in [0.2, 0.25) is 0 Å². The molecule has 1 aliphatic heterocycles. The predicted molar refractivity (Wildman–Crippen MR) is 198 cm³/mol. The lowest BCUT2D eigenvalue weighted by Crippen LogP contribution is -2.61. The van der Waals surface area contributed by atoms with Crippen LogP contribution in [0.4, 0.5) is 0 Å². The number of carbonyl (C=O) groups is 8. The maximum Gasteiger partial charge on any atom is 0.524 e. The zero-order valence-corrected chi connectivity index (χ0v) is 32.5. The Balaban J connectivity index is 2.43. The Morgan fingerprint density at radius 2 is 1.37 bits per heavy atom. The van der Waals surface area contributed by atoms with Crippen LogP contribution in [0.1, 0.15) is 71.3 Å². The van der Waals surface area contributed by atoms with Crippen molar-refractivity contribution in [1.82, 2.24) is 31.9 Å². The first-order chi connectivity index (χ1) is 26.6. The van der Waals surface area contributed by atoms with E-state index in [9.17, 15) is 58.2 Å². The zero-order valence-electron chi connectivity index (χ0n) is 31.6. The lowest BCUT2D eigenvalue weighted by Gasteiger charge is -2.28. The Bertz CT molecular complexity index is 1650. The third-order valence-electron chi connectivity index (χ3n) is 9.03. The number of aliphatic hydroxyl groups excluding tert-OH is 1. The molecule has 8 atom stereocenters. The predicted octanol–water partition coefficient (Wildman–Crippen LogP) is -2.48. The van der Waals surface area contributed by atoms with Crippen molar-refractivity contribution in [2.75, 3.05) is 6.54 Å². The molecule has 318 valence electrons. The van der Waals surface area contributed by atoms with Gasteiger partial charge < -0.3 is 57.5 Å². The molecule has 23 heteroatoms. The molecule has 0 bridgehead atoms. The molecule has 0 saturated carbocycles. The summed E-state index contributed by atoms with van der Waals surface area (Å²) in [5, 5.41) is 44.3. The first-order valence-electron chi connectivity index (χ1n) is 18.1. The van der Waals surface area contributed by atoms with E-state index in [-0.39, 0.29) is 30.6 Å². The molecular weight excluding hydrogens is 777 g/mol. The maximum atomic E-state index is 13.9. The number of carboxylic acid groups (broad SMARTS) is 2. The topological polar surface area (TPSA) is 362 Å². The number of hydrogen-bond donors (Lipinski definition) is 12. The summed E-state index contributed by atoms with van der Waals surface area (Å²) < 4.78 is 15.8. The van der Waals surface area contributed by atoms with Crippen LogP contribution in [-0.4, -0.2) is 121 Å². The summed E-state index contributed by atoms with van der Waals surface area (Å²) in [6, 6.07) is -3.53. The fourth-order valence-electron chi connectivity index (χ4n) is 5.67. The highest BCUT2D eigenvalue weighted by Crippen LogP contribution is 2.37. The number of benzene rings is 1. The van der Waals surface area contributed by atoms with E-state index in [2.05, 4.69) is 36.4 Å². The standard InChI is InChI=1S/C34H52N7O15P/c1-4-17(2)27(34(51)52)40-31(48)23(12-14-26(44)45)38-33(50)28(18(3)42)41-32(49)24(16-19-7-9-20(10-8-19)56-57(53,54)55)39-30(47)22(11-13-25(35)43)37-29(46)21-6-5-15-36-21/h7-10,17-18,21-24,27-28,36,42H,4-6,11-16H2,1-3H3,(H2,35,43)(H,37,46)(H,38,50)(H,39,47)(H,40,48)(H,41,49)(H,44,45)(H,51,52)(H2,53,54,55)/t17-,18+,21-,22-,23-,24-,27-,28-/m0/s1. The third kappa shape index (κ3) is 16.9. The number of aliphatic hydroxyl groups is 1. The van der Waals surface area contributed by atoms with Crippen molar-refractivity contribution in [2.45, 2.75) is 114 Å². The van der Waals surface area contributed by atoms with Gasteiger partial charge in [0.2, 0.25) is 35.4 Å². The number of aliphatic carboxylic acids is 2. The van der Waals surface area contributed by atoms with Crippen molar-refractivity contribution in [2.24, 2.45) is 11.7 Å². The minimum absolute atomic E-state index is 0.238. The van der Waals surface area contributed by atoms with Crippen LogP contribution in [0.15, 0.2) is 24.3 Å². The number of amides is 6. The summed E-state index contributed by atoms with van der Waals surface area (Å²) in [5.74, 6) is -9.11. The van der Waals surface area contributed by atoms with Gasteiger partial charge in [0.25, 0.3) is 0 Å². The van der Waals surface area contributed by atoms with Gasteiger partial charge in [-0.25, -0.2) is 9.36 Å². The minimum atomic E-state index is -4.92. The molecule has 1 saturated heterocycles. The molecular formula is C34H52N7O15P. The molecule has 57 heavy (non-hydrogen) atoms. The van der Waals surface area contributed by atoms with Gasteiger partial charge in [0, 0.05) is 19.3 Å². The number of rotatable bonds is 24. The summed E-state index contributed by atoms with van der Waals surface area (Å²) in [7, 11) is -4.92. The summed E-state index contributed by atoms with van der Waals surface area (Å²) >= 11 is 0. The second kappa shape index (κ2) is 22.6. The average molecular weight is 830 g/mol.